The minimum absolute atomic E-state index is 0. The van der Waals surface area contributed by atoms with Gasteiger partial charge in [-0.15, -0.1) is 0 Å². The highest BCUT2D eigenvalue weighted by Gasteiger charge is 2.31. The van der Waals surface area contributed by atoms with E-state index in [1.54, 1.807) is 4.90 Å². The minimum Gasteiger partial charge on any atom is -0.444 e. The molecule has 1 aromatic heterocycles. The topological polar surface area (TPSA) is 73.7 Å². The number of carbonyl (C=O) groups excluding carboxylic acids is 2. The summed E-state index contributed by atoms with van der Waals surface area (Å²) in [6, 6.07) is 6.36. The van der Waals surface area contributed by atoms with E-state index in [9.17, 15) is 9.59 Å². The molecule has 3 heterocycles. The molecule has 258 valence electrons. The first-order chi connectivity index (χ1) is 22.0. The Morgan fingerprint density at radius 2 is 1.83 bits per heavy atom. The molecule has 1 aliphatic carbocycles. The number of Topliss-reactive ketones (excluding diaryl/α,β-unsaturated/α-hetero) is 1. The van der Waals surface area contributed by atoms with Gasteiger partial charge in [0.1, 0.15) is 11.4 Å². The molecule has 0 bridgehead atoms. The Morgan fingerprint density at radius 1 is 1.11 bits per heavy atom. The number of ketones is 1. The fourth-order valence-electron chi connectivity index (χ4n) is 6.89. The number of allylic oxidation sites excluding steroid dienone is 1. The monoisotopic (exact) mass is 645 g/mol. The maximum absolute atomic E-state index is 13.7. The quantitative estimate of drug-likeness (QED) is 0.212. The highest BCUT2D eigenvalue weighted by atomic mass is 16.6. The van der Waals surface area contributed by atoms with Crippen LogP contribution < -0.4 is 0 Å². The highest BCUT2D eigenvalue weighted by molar-refractivity contribution is 5.89. The Balaban J connectivity index is 0.00000196. The van der Waals surface area contributed by atoms with E-state index >= 15 is 0 Å². The third-order valence-corrected chi connectivity index (χ3v) is 9.42. The second-order valence-corrected chi connectivity index (χ2v) is 13.8. The van der Waals surface area contributed by atoms with E-state index in [-0.39, 0.29) is 19.4 Å². The lowest BCUT2D eigenvalue weighted by molar-refractivity contribution is -0.122. The van der Waals surface area contributed by atoms with Crippen molar-refractivity contribution in [2.45, 2.75) is 105 Å². The van der Waals surface area contributed by atoms with Crippen LogP contribution in [0.2, 0.25) is 0 Å². The van der Waals surface area contributed by atoms with E-state index in [2.05, 4.69) is 36.5 Å². The smallest absolute Gasteiger partial charge is 0.410 e. The number of fused-ring (bicyclic) bond motifs is 1. The first-order valence-corrected chi connectivity index (χ1v) is 17.2. The molecule has 0 saturated carbocycles. The molecule has 0 spiro atoms. The van der Waals surface area contributed by atoms with Crippen LogP contribution >= 0.6 is 0 Å². The van der Waals surface area contributed by atoms with Crippen molar-refractivity contribution in [1.82, 2.24) is 14.7 Å². The summed E-state index contributed by atoms with van der Waals surface area (Å²) < 4.78 is 13.2. The van der Waals surface area contributed by atoms with Gasteiger partial charge in [0.05, 0.1) is 6.20 Å². The molecule has 2 aliphatic heterocycles. The van der Waals surface area contributed by atoms with E-state index in [0.717, 1.165) is 86.9 Å². The lowest BCUT2D eigenvalue weighted by Crippen LogP contribution is -2.41. The molecular weight excluding hydrogens is 586 g/mol. The van der Waals surface area contributed by atoms with Gasteiger partial charge < -0.3 is 14.4 Å². The van der Waals surface area contributed by atoms with Crippen molar-refractivity contribution in [3.63, 3.8) is 0 Å². The number of ether oxygens (including phenoxy) is 2. The van der Waals surface area contributed by atoms with E-state index in [0.29, 0.717) is 31.2 Å². The molecule has 1 atom stereocenters. The van der Waals surface area contributed by atoms with Crippen molar-refractivity contribution in [3.8, 4) is 0 Å². The second-order valence-electron chi connectivity index (χ2n) is 13.8. The van der Waals surface area contributed by atoms with Crippen LogP contribution in [0.1, 0.15) is 103 Å². The Morgan fingerprint density at radius 3 is 2.49 bits per heavy atom. The second kappa shape index (κ2) is 17.1. The van der Waals surface area contributed by atoms with Crippen LogP contribution in [0.4, 0.5) is 4.79 Å². The summed E-state index contributed by atoms with van der Waals surface area (Å²) >= 11 is 0. The summed E-state index contributed by atoms with van der Waals surface area (Å²) in [6.45, 7) is 21.4. The maximum atomic E-state index is 13.7. The van der Waals surface area contributed by atoms with Crippen molar-refractivity contribution in [1.29, 1.82) is 0 Å². The summed E-state index contributed by atoms with van der Waals surface area (Å²) in [4.78, 5) is 28.6. The predicted octanol–water partition coefficient (Wildman–Crippen LogP) is 8.71. The van der Waals surface area contributed by atoms with Gasteiger partial charge in [0.15, 0.2) is 0 Å². The number of nitrogens with zero attached hydrogens (tertiary/aromatic N) is 3. The molecule has 1 aromatic carbocycles. The lowest BCUT2D eigenvalue weighted by Gasteiger charge is -2.35. The summed E-state index contributed by atoms with van der Waals surface area (Å²) in [5, 5.41) is 4.28. The number of carbonyl (C=O) groups is 2. The van der Waals surface area contributed by atoms with Crippen molar-refractivity contribution in [2.24, 2.45) is 18.9 Å². The van der Waals surface area contributed by atoms with Crippen molar-refractivity contribution in [3.05, 3.63) is 82.7 Å². The lowest BCUT2D eigenvalue weighted by atomic mass is 9.81. The zero-order valence-corrected chi connectivity index (χ0v) is 29.1. The zero-order valence-electron chi connectivity index (χ0n) is 29.1. The molecule has 1 saturated heterocycles. The van der Waals surface area contributed by atoms with Gasteiger partial charge in [-0.3, -0.25) is 9.48 Å². The standard InChI is InChI=1S/C37H49N3O4.C2H6.CH4/c1-25(28-15-18-43-19-16-28)20-31-14-17-40(36(42)44-37(3,4)5)24-34(31)26(2)32-9-7-8-29-12-13-30(35(41)21-33(29)32)11-10-27-22-38-39(6)23-27;1-2;/h7-9,22-23,28,30H,1-2,10-21,24H2,3-6H3;1-2H3;1H4. The number of benzene rings is 1. The summed E-state index contributed by atoms with van der Waals surface area (Å²) in [7, 11) is 1.92. The molecule has 0 radical (unpaired) electrons. The molecule has 5 rings (SSSR count). The van der Waals surface area contributed by atoms with Crippen LogP contribution in [0, 0.1) is 11.8 Å². The molecule has 1 unspecified atom stereocenters. The summed E-state index contributed by atoms with van der Waals surface area (Å²) in [5.74, 6) is 0.775. The van der Waals surface area contributed by atoms with Crippen LogP contribution in [0.25, 0.3) is 5.57 Å². The van der Waals surface area contributed by atoms with E-state index in [4.69, 9.17) is 9.47 Å². The van der Waals surface area contributed by atoms with Gasteiger partial charge in [-0.05, 0) is 111 Å². The van der Waals surface area contributed by atoms with Crippen LogP contribution in [0.15, 0.2) is 60.5 Å². The normalized spacial score (nSPS) is 18.7. The first-order valence-electron chi connectivity index (χ1n) is 17.2. The Labute approximate surface area is 284 Å². The SMILES string of the molecule is C.C=C(C1=C(CC(=C)C2CCOCC2)CCN(C(=O)OC(C)(C)C)C1)c1cccc2c1CC(=O)C(CCc1cnn(C)c1)CC2.CC. The molecule has 3 aliphatic rings. The summed E-state index contributed by atoms with van der Waals surface area (Å²) in [5.41, 5.74) is 8.46. The third kappa shape index (κ3) is 10.0. The number of amides is 1. The molecule has 0 N–H and O–H groups in total. The number of hydrogen-bond acceptors (Lipinski definition) is 5. The van der Waals surface area contributed by atoms with Crippen molar-refractivity contribution >= 4 is 17.4 Å². The minimum atomic E-state index is -0.569. The molecular formula is C40H59N3O4. The number of aryl methyl sites for hydroxylation is 3. The van der Waals surface area contributed by atoms with E-state index in [1.165, 1.54) is 22.3 Å². The number of rotatable bonds is 8. The maximum Gasteiger partial charge on any atom is 0.410 e. The molecule has 1 fully saturated rings. The van der Waals surface area contributed by atoms with Gasteiger partial charge in [0.25, 0.3) is 0 Å². The highest BCUT2D eigenvalue weighted by Crippen LogP contribution is 2.38. The molecule has 2 aromatic rings. The van der Waals surface area contributed by atoms with Crippen LogP contribution in [0.3, 0.4) is 0 Å². The molecule has 7 heteroatoms. The van der Waals surface area contributed by atoms with Crippen LogP contribution in [-0.4, -0.2) is 58.5 Å². The van der Waals surface area contributed by atoms with Gasteiger partial charge in [0, 0.05) is 51.9 Å². The van der Waals surface area contributed by atoms with E-state index < -0.39 is 5.60 Å². The van der Waals surface area contributed by atoms with Gasteiger partial charge in [-0.25, -0.2) is 4.79 Å². The van der Waals surface area contributed by atoms with Crippen LogP contribution in [-0.2, 0) is 40.6 Å². The fourth-order valence-corrected chi connectivity index (χ4v) is 6.89. The zero-order chi connectivity index (χ0) is 33.4. The molecule has 7 nitrogen and oxygen atoms in total. The number of hydrogen-bond donors (Lipinski definition) is 0. The first kappa shape index (κ1) is 38.0. The van der Waals surface area contributed by atoms with Crippen molar-refractivity contribution < 1.29 is 19.1 Å². The Hall–Kier alpha value is -3.45. The third-order valence-electron chi connectivity index (χ3n) is 9.42. The van der Waals surface area contributed by atoms with Gasteiger partial charge >= 0.3 is 6.09 Å². The Bertz CT molecular complexity index is 1440. The predicted molar refractivity (Wildman–Crippen MR) is 192 cm³/mol. The van der Waals surface area contributed by atoms with Gasteiger partial charge in [-0.2, -0.15) is 5.10 Å². The fraction of sp³-hybridized carbons (Fsp3) is 0.575. The summed E-state index contributed by atoms with van der Waals surface area (Å²) in [6.07, 6.45) is 11.0. The molecule has 1 amide bonds. The van der Waals surface area contributed by atoms with Gasteiger partial charge in [0.2, 0.25) is 0 Å². The van der Waals surface area contributed by atoms with Crippen LogP contribution in [0.5, 0.6) is 0 Å². The average molecular weight is 646 g/mol. The largest absolute Gasteiger partial charge is 0.444 e. The number of aromatic nitrogens is 2. The average Bonchev–Trinajstić information content (AvgIpc) is 3.38. The van der Waals surface area contributed by atoms with E-state index in [1.807, 2.05) is 58.7 Å². The van der Waals surface area contributed by atoms with Crippen molar-refractivity contribution in [2.75, 3.05) is 26.3 Å². The molecule has 47 heavy (non-hydrogen) atoms. The van der Waals surface area contributed by atoms with Gasteiger partial charge in [-0.1, -0.05) is 63.8 Å². The Kier molecular flexibility index (Phi) is 13.8.